The number of nitrogens with one attached hydrogen (secondary N) is 1. The molecule has 0 aliphatic heterocycles. The topological polar surface area (TPSA) is 122 Å². The lowest BCUT2D eigenvalue weighted by Gasteiger charge is -2.30. The number of H-pyrrole nitrogens is 1. The molecule has 2 rings (SSSR count). The van der Waals surface area contributed by atoms with Gasteiger partial charge in [-0.25, -0.2) is 4.39 Å². The van der Waals surface area contributed by atoms with E-state index in [0.29, 0.717) is 5.92 Å². The summed E-state index contributed by atoms with van der Waals surface area (Å²) in [4.78, 5) is 36.5. The van der Waals surface area contributed by atoms with Crippen LogP contribution in [0.2, 0.25) is 0 Å². The maximum absolute atomic E-state index is 12.8. The minimum atomic E-state index is -0.993. The zero-order valence-corrected chi connectivity index (χ0v) is 15.4. The summed E-state index contributed by atoms with van der Waals surface area (Å²) in [6, 6.07) is 3.79. The van der Waals surface area contributed by atoms with Crippen LogP contribution in [0.4, 0.5) is 4.39 Å². The Balaban J connectivity index is 0.000000289. The molecule has 1 aliphatic rings. The van der Waals surface area contributed by atoms with Gasteiger partial charge in [0.1, 0.15) is 11.9 Å². The Hall–Kier alpha value is -2.22. The standard InChI is InChI=1S/C12H23FN2O.C6H6N2O2/c1-9(13)8-15(2)12(16)11(14)10-6-4-3-5-7-10;7-6(10)4-2-1-3-5(9)8-4/h9-11H,3-8,14H2,1-2H3;1-3H,(H2,7,10)(H,8,9). The number of likely N-dealkylation sites (N-methyl/N-ethyl adjacent to an activating group) is 1. The summed E-state index contributed by atoms with van der Waals surface area (Å²) in [6.45, 7) is 1.59. The van der Waals surface area contributed by atoms with Crippen molar-refractivity contribution in [1.29, 1.82) is 0 Å². The van der Waals surface area contributed by atoms with E-state index in [1.165, 1.54) is 36.4 Å². The van der Waals surface area contributed by atoms with Gasteiger partial charge in [0.05, 0.1) is 12.6 Å². The molecule has 1 heterocycles. The fraction of sp³-hybridized carbons (Fsp3) is 0.611. The Morgan fingerprint density at radius 1 is 1.31 bits per heavy atom. The maximum Gasteiger partial charge on any atom is 0.265 e. The number of primary amides is 1. The van der Waals surface area contributed by atoms with Gasteiger partial charge in [-0.15, -0.1) is 0 Å². The second-order valence-corrected chi connectivity index (χ2v) is 6.72. The molecule has 26 heavy (non-hydrogen) atoms. The fourth-order valence-electron chi connectivity index (χ4n) is 3.01. The van der Waals surface area contributed by atoms with Crippen LogP contribution >= 0.6 is 0 Å². The Labute approximate surface area is 152 Å². The predicted molar refractivity (Wildman–Crippen MR) is 98.3 cm³/mol. The van der Waals surface area contributed by atoms with Crippen LogP contribution in [-0.4, -0.2) is 47.5 Å². The summed E-state index contributed by atoms with van der Waals surface area (Å²) in [5.74, 6) is -0.451. The first-order chi connectivity index (χ1) is 12.2. The molecule has 1 fully saturated rings. The van der Waals surface area contributed by atoms with Crippen LogP contribution in [0.25, 0.3) is 0 Å². The molecule has 8 heteroatoms. The molecule has 1 aliphatic carbocycles. The number of nitrogens with zero attached hydrogens (tertiary/aromatic N) is 1. The van der Waals surface area contributed by atoms with E-state index in [1.54, 1.807) is 7.05 Å². The number of carbonyl (C=O) groups is 2. The molecule has 5 N–H and O–H groups in total. The highest BCUT2D eigenvalue weighted by atomic mass is 19.1. The van der Waals surface area contributed by atoms with E-state index < -0.39 is 18.1 Å². The van der Waals surface area contributed by atoms with Crippen molar-refractivity contribution in [3.63, 3.8) is 0 Å². The summed E-state index contributed by atoms with van der Waals surface area (Å²) in [7, 11) is 1.63. The molecular formula is C18H29FN4O3. The molecule has 0 spiro atoms. The lowest BCUT2D eigenvalue weighted by Crippen LogP contribution is -2.48. The van der Waals surface area contributed by atoms with Gasteiger partial charge in [0.2, 0.25) is 11.5 Å². The number of hydrogen-bond acceptors (Lipinski definition) is 4. The molecule has 2 atom stereocenters. The van der Waals surface area contributed by atoms with Gasteiger partial charge >= 0.3 is 0 Å². The van der Waals surface area contributed by atoms with Crippen molar-refractivity contribution >= 4 is 11.8 Å². The Kier molecular flexibility index (Phi) is 8.98. The predicted octanol–water partition coefficient (Wildman–Crippen LogP) is 1.18. The smallest absolute Gasteiger partial charge is 0.265 e. The monoisotopic (exact) mass is 368 g/mol. The molecule has 0 bridgehead atoms. The van der Waals surface area contributed by atoms with Crippen molar-refractivity contribution in [1.82, 2.24) is 9.88 Å². The van der Waals surface area contributed by atoms with Gasteiger partial charge in [0, 0.05) is 13.1 Å². The van der Waals surface area contributed by atoms with Crippen molar-refractivity contribution in [2.24, 2.45) is 17.4 Å². The zero-order chi connectivity index (χ0) is 19.7. The van der Waals surface area contributed by atoms with Crippen LogP contribution in [0.15, 0.2) is 23.0 Å². The number of pyridine rings is 1. The SMILES string of the molecule is CC(F)CN(C)C(=O)C(N)C1CCCCC1.NC(=O)c1cccc(=O)[nH]1. The van der Waals surface area contributed by atoms with Gasteiger partial charge in [0.15, 0.2) is 0 Å². The van der Waals surface area contributed by atoms with Gasteiger partial charge < -0.3 is 21.4 Å². The minimum absolute atomic E-state index is 0.114. The van der Waals surface area contributed by atoms with E-state index >= 15 is 0 Å². The largest absolute Gasteiger partial charge is 0.364 e. The van der Waals surface area contributed by atoms with Crippen LogP contribution in [0.1, 0.15) is 49.5 Å². The first-order valence-electron chi connectivity index (χ1n) is 8.86. The van der Waals surface area contributed by atoms with Crippen LogP contribution in [0.3, 0.4) is 0 Å². The van der Waals surface area contributed by atoms with E-state index in [1.807, 2.05) is 0 Å². The molecule has 7 nitrogen and oxygen atoms in total. The van der Waals surface area contributed by atoms with E-state index in [2.05, 4.69) is 4.98 Å². The number of alkyl halides is 1. The van der Waals surface area contributed by atoms with Gasteiger partial charge in [-0.2, -0.15) is 0 Å². The Morgan fingerprint density at radius 3 is 2.38 bits per heavy atom. The first-order valence-corrected chi connectivity index (χ1v) is 8.86. The molecule has 1 aromatic heterocycles. The number of halogens is 1. The van der Waals surface area contributed by atoms with E-state index in [4.69, 9.17) is 11.5 Å². The molecular weight excluding hydrogens is 339 g/mol. The van der Waals surface area contributed by atoms with Gasteiger partial charge in [-0.05, 0) is 31.7 Å². The highest BCUT2D eigenvalue weighted by Crippen LogP contribution is 2.26. The zero-order valence-electron chi connectivity index (χ0n) is 15.4. The van der Waals surface area contributed by atoms with E-state index in [-0.39, 0.29) is 23.7 Å². The van der Waals surface area contributed by atoms with Crippen LogP contribution < -0.4 is 17.0 Å². The fourth-order valence-corrected chi connectivity index (χ4v) is 3.01. The third-order valence-electron chi connectivity index (χ3n) is 4.38. The molecule has 146 valence electrons. The number of amides is 2. The highest BCUT2D eigenvalue weighted by Gasteiger charge is 2.28. The maximum atomic E-state index is 12.8. The second kappa shape index (κ2) is 10.7. The van der Waals surface area contributed by atoms with E-state index in [0.717, 1.165) is 25.7 Å². The van der Waals surface area contributed by atoms with E-state index in [9.17, 15) is 18.8 Å². The van der Waals surface area contributed by atoms with Gasteiger partial charge in [-0.3, -0.25) is 14.4 Å². The molecule has 0 saturated heterocycles. The van der Waals surface area contributed by atoms with Crippen molar-refractivity contribution in [2.75, 3.05) is 13.6 Å². The van der Waals surface area contributed by atoms with Crippen molar-refractivity contribution < 1.29 is 14.0 Å². The number of nitrogens with two attached hydrogens (primary N) is 2. The molecule has 0 radical (unpaired) electrons. The average molecular weight is 368 g/mol. The summed E-state index contributed by atoms with van der Waals surface area (Å²) >= 11 is 0. The van der Waals surface area contributed by atoms with Gasteiger partial charge in [0.25, 0.3) is 5.91 Å². The summed E-state index contributed by atoms with van der Waals surface area (Å²) in [5.41, 5.74) is 10.6. The molecule has 2 amide bonds. The highest BCUT2D eigenvalue weighted by molar-refractivity contribution is 5.90. The molecule has 0 aromatic carbocycles. The number of aromatic amines is 1. The summed E-state index contributed by atoms with van der Waals surface area (Å²) < 4.78 is 12.8. The normalized spacial score (nSPS) is 16.8. The molecule has 1 aromatic rings. The van der Waals surface area contributed by atoms with Crippen LogP contribution in [0, 0.1) is 5.92 Å². The van der Waals surface area contributed by atoms with Gasteiger partial charge in [-0.1, -0.05) is 25.3 Å². The quantitative estimate of drug-likeness (QED) is 0.722. The number of aromatic nitrogens is 1. The summed E-state index contributed by atoms with van der Waals surface area (Å²) in [5, 5.41) is 0. The third-order valence-corrected chi connectivity index (χ3v) is 4.38. The van der Waals surface area contributed by atoms with Crippen molar-refractivity contribution in [2.45, 2.75) is 51.2 Å². The average Bonchev–Trinajstić information content (AvgIpc) is 2.61. The van der Waals surface area contributed by atoms with Crippen LogP contribution in [-0.2, 0) is 4.79 Å². The minimum Gasteiger partial charge on any atom is -0.364 e. The summed E-state index contributed by atoms with van der Waals surface area (Å²) in [6.07, 6.45) is 4.64. The molecule has 2 unspecified atom stereocenters. The Bertz CT molecular complexity index is 641. The first kappa shape index (κ1) is 21.8. The number of carbonyl (C=O) groups excluding carboxylic acids is 2. The number of rotatable bonds is 5. The van der Waals surface area contributed by atoms with Crippen LogP contribution in [0.5, 0.6) is 0 Å². The lowest BCUT2D eigenvalue weighted by atomic mass is 9.84. The number of hydrogen-bond donors (Lipinski definition) is 3. The second-order valence-electron chi connectivity index (χ2n) is 6.72. The lowest BCUT2D eigenvalue weighted by molar-refractivity contribution is -0.133. The molecule has 1 saturated carbocycles. The van der Waals surface area contributed by atoms with Crippen molar-refractivity contribution in [3.05, 3.63) is 34.2 Å². The Morgan fingerprint density at radius 2 is 1.92 bits per heavy atom. The third kappa shape index (κ3) is 7.35. The van der Waals surface area contributed by atoms with Crippen molar-refractivity contribution in [3.8, 4) is 0 Å².